The number of hydrogen-bond acceptors (Lipinski definition) is 4. The summed E-state index contributed by atoms with van der Waals surface area (Å²) in [5.74, 6) is 1.96. The number of nitrogens with one attached hydrogen (secondary N) is 1. The average molecular weight is 310 g/mol. The number of benzene rings is 1. The highest BCUT2D eigenvalue weighted by molar-refractivity contribution is 9.10. The van der Waals surface area contributed by atoms with Crippen molar-refractivity contribution in [1.29, 1.82) is 0 Å². The number of ether oxygens (including phenoxy) is 2. The molecule has 0 saturated carbocycles. The van der Waals surface area contributed by atoms with Gasteiger partial charge >= 0.3 is 0 Å². The van der Waals surface area contributed by atoms with Gasteiger partial charge in [0.25, 0.3) is 0 Å². The minimum Gasteiger partial charge on any atom is -0.490 e. The Labute approximate surface area is 112 Å². The first-order valence-corrected chi connectivity index (χ1v) is 6.44. The minimum absolute atomic E-state index is 0.462. The maximum atomic E-state index is 5.71. The van der Waals surface area contributed by atoms with Crippen LogP contribution in [0, 0.1) is 0 Å². The van der Waals surface area contributed by atoms with Crippen LogP contribution in [-0.2, 0) is 0 Å². The highest BCUT2D eigenvalue weighted by Crippen LogP contribution is 2.42. The van der Waals surface area contributed by atoms with E-state index in [2.05, 4.69) is 26.1 Å². The largest absolute Gasteiger partial charge is 0.490 e. The minimum atomic E-state index is 0.462. The molecule has 0 unspecified atom stereocenters. The Balaban J connectivity index is 2.09. The number of nitrogens with two attached hydrogens (primary N) is 1. The van der Waals surface area contributed by atoms with Gasteiger partial charge in [-0.3, -0.25) is 5.10 Å². The topological polar surface area (TPSA) is 73.2 Å². The van der Waals surface area contributed by atoms with Gasteiger partial charge in [0.2, 0.25) is 0 Å². The number of H-pyrrole nitrogens is 1. The molecule has 18 heavy (non-hydrogen) atoms. The van der Waals surface area contributed by atoms with Crippen LogP contribution in [0.15, 0.2) is 22.7 Å². The predicted octanol–water partition coefficient (Wildman–Crippen LogP) is 2.58. The first-order valence-electron chi connectivity index (χ1n) is 5.65. The lowest BCUT2D eigenvalue weighted by atomic mass is 10.1. The fourth-order valence-electron chi connectivity index (χ4n) is 1.88. The van der Waals surface area contributed by atoms with Gasteiger partial charge in [-0.1, -0.05) is 0 Å². The van der Waals surface area contributed by atoms with Crippen molar-refractivity contribution in [1.82, 2.24) is 10.2 Å². The molecular weight excluding hydrogens is 298 g/mol. The molecule has 5 nitrogen and oxygen atoms in total. The molecule has 0 fully saturated rings. The Morgan fingerprint density at radius 1 is 1.28 bits per heavy atom. The van der Waals surface area contributed by atoms with Crippen molar-refractivity contribution in [3.63, 3.8) is 0 Å². The van der Waals surface area contributed by atoms with E-state index in [0.29, 0.717) is 19.0 Å². The molecule has 3 rings (SSSR count). The number of anilines is 1. The lowest BCUT2D eigenvalue weighted by Gasteiger charge is -2.11. The number of aromatic amines is 1. The van der Waals surface area contributed by atoms with Crippen LogP contribution in [0.2, 0.25) is 0 Å². The van der Waals surface area contributed by atoms with Gasteiger partial charge in [-0.2, -0.15) is 5.10 Å². The van der Waals surface area contributed by atoms with E-state index in [1.807, 2.05) is 12.1 Å². The third kappa shape index (κ3) is 1.92. The van der Waals surface area contributed by atoms with Crippen molar-refractivity contribution in [2.75, 3.05) is 18.9 Å². The fraction of sp³-hybridized carbons (Fsp3) is 0.250. The monoisotopic (exact) mass is 309 g/mol. The summed E-state index contributed by atoms with van der Waals surface area (Å²) >= 11 is 3.55. The summed E-state index contributed by atoms with van der Waals surface area (Å²) in [5, 5.41) is 6.81. The average Bonchev–Trinajstić information content (AvgIpc) is 2.65. The Morgan fingerprint density at radius 3 is 2.89 bits per heavy atom. The maximum absolute atomic E-state index is 5.71. The molecule has 0 atom stereocenters. The first kappa shape index (κ1) is 11.4. The van der Waals surface area contributed by atoms with Crippen molar-refractivity contribution in [3.8, 4) is 22.8 Å². The lowest BCUT2D eigenvalue weighted by molar-refractivity contribution is 0.296. The van der Waals surface area contributed by atoms with Gasteiger partial charge in [0.15, 0.2) is 11.5 Å². The molecular formula is C12H12BrN3O2. The molecule has 1 aromatic heterocycles. The molecule has 0 aliphatic carbocycles. The standard InChI is InChI=1S/C12H12BrN3O2/c13-11-7(8-6-10(14)16-15-8)2-3-9-12(11)18-5-1-4-17-9/h2-3,6H,1,4-5H2,(H3,14,15,16). The van der Waals surface area contributed by atoms with Crippen molar-refractivity contribution in [2.24, 2.45) is 0 Å². The van der Waals surface area contributed by atoms with Gasteiger partial charge < -0.3 is 15.2 Å². The summed E-state index contributed by atoms with van der Waals surface area (Å²) in [6.45, 7) is 1.33. The van der Waals surface area contributed by atoms with Gasteiger partial charge in [0.1, 0.15) is 5.82 Å². The Bertz CT molecular complexity index is 583. The number of nitrogen functional groups attached to an aromatic ring is 1. The zero-order valence-corrected chi connectivity index (χ0v) is 11.2. The summed E-state index contributed by atoms with van der Waals surface area (Å²) in [6.07, 6.45) is 0.882. The molecule has 0 saturated heterocycles. The van der Waals surface area contributed by atoms with Gasteiger partial charge in [-0.25, -0.2) is 0 Å². The van der Waals surface area contributed by atoms with E-state index in [9.17, 15) is 0 Å². The van der Waals surface area contributed by atoms with E-state index in [4.69, 9.17) is 15.2 Å². The fourth-order valence-corrected chi connectivity index (χ4v) is 2.54. The number of fused-ring (bicyclic) bond motifs is 1. The summed E-state index contributed by atoms with van der Waals surface area (Å²) in [4.78, 5) is 0. The van der Waals surface area contributed by atoms with Crippen LogP contribution >= 0.6 is 15.9 Å². The highest BCUT2D eigenvalue weighted by atomic mass is 79.9. The number of halogens is 1. The smallest absolute Gasteiger partial charge is 0.176 e. The van der Waals surface area contributed by atoms with Gasteiger partial charge in [-0.15, -0.1) is 0 Å². The van der Waals surface area contributed by atoms with Crippen molar-refractivity contribution >= 4 is 21.7 Å². The lowest BCUT2D eigenvalue weighted by Crippen LogP contribution is -1.97. The second-order valence-corrected chi connectivity index (χ2v) is 4.80. The number of rotatable bonds is 1. The molecule has 1 aromatic carbocycles. The van der Waals surface area contributed by atoms with E-state index in [-0.39, 0.29) is 0 Å². The molecule has 0 spiro atoms. The number of aromatic nitrogens is 2. The van der Waals surface area contributed by atoms with Crippen molar-refractivity contribution < 1.29 is 9.47 Å². The summed E-state index contributed by atoms with van der Waals surface area (Å²) in [5.41, 5.74) is 7.41. The van der Waals surface area contributed by atoms with E-state index in [1.165, 1.54) is 0 Å². The van der Waals surface area contributed by atoms with E-state index < -0.39 is 0 Å². The first-order chi connectivity index (χ1) is 8.75. The van der Waals surface area contributed by atoms with Gasteiger partial charge in [0.05, 0.1) is 23.4 Å². The molecule has 0 radical (unpaired) electrons. The second-order valence-electron chi connectivity index (χ2n) is 4.01. The molecule has 2 heterocycles. The third-order valence-corrected chi connectivity index (χ3v) is 3.53. The zero-order chi connectivity index (χ0) is 12.5. The van der Waals surface area contributed by atoms with Crippen LogP contribution < -0.4 is 15.2 Å². The number of hydrogen-bond donors (Lipinski definition) is 2. The SMILES string of the molecule is Nc1cc(-c2ccc3c(c2Br)OCCCO3)[nH]n1. The molecule has 0 amide bonds. The van der Waals surface area contributed by atoms with E-state index >= 15 is 0 Å². The van der Waals surface area contributed by atoms with Crippen LogP contribution in [0.3, 0.4) is 0 Å². The Kier molecular flexibility index (Phi) is 2.87. The van der Waals surface area contributed by atoms with Gasteiger partial charge in [0, 0.05) is 18.1 Å². The molecule has 1 aliphatic heterocycles. The zero-order valence-electron chi connectivity index (χ0n) is 9.57. The van der Waals surface area contributed by atoms with Crippen LogP contribution in [0.1, 0.15) is 6.42 Å². The highest BCUT2D eigenvalue weighted by Gasteiger charge is 2.18. The Morgan fingerprint density at radius 2 is 2.11 bits per heavy atom. The van der Waals surface area contributed by atoms with Crippen LogP contribution in [-0.4, -0.2) is 23.4 Å². The van der Waals surface area contributed by atoms with Crippen LogP contribution in [0.5, 0.6) is 11.5 Å². The predicted molar refractivity (Wildman–Crippen MR) is 71.7 cm³/mol. The third-order valence-electron chi connectivity index (χ3n) is 2.74. The molecule has 3 N–H and O–H groups in total. The maximum Gasteiger partial charge on any atom is 0.176 e. The van der Waals surface area contributed by atoms with Crippen molar-refractivity contribution in [3.05, 3.63) is 22.7 Å². The summed E-state index contributed by atoms with van der Waals surface area (Å²) < 4.78 is 12.2. The molecule has 6 heteroatoms. The Hall–Kier alpha value is -1.69. The summed E-state index contributed by atoms with van der Waals surface area (Å²) in [6, 6.07) is 5.63. The molecule has 1 aliphatic rings. The van der Waals surface area contributed by atoms with Crippen LogP contribution in [0.4, 0.5) is 5.82 Å². The van der Waals surface area contributed by atoms with E-state index in [0.717, 1.165) is 33.6 Å². The van der Waals surface area contributed by atoms with E-state index in [1.54, 1.807) is 6.07 Å². The molecule has 0 bridgehead atoms. The van der Waals surface area contributed by atoms with Gasteiger partial charge in [-0.05, 0) is 28.1 Å². The van der Waals surface area contributed by atoms with Crippen LogP contribution in [0.25, 0.3) is 11.3 Å². The normalized spacial score (nSPS) is 14.3. The second kappa shape index (κ2) is 4.53. The number of nitrogens with zero attached hydrogens (tertiary/aromatic N) is 1. The quantitative estimate of drug-likeness (QED) is 0.849. The van der Waals surface area contributed by atoms with Crippen molar-refractivity contribution in [2.45, 2.75) is 6.42 Å². The summed E-state index contributed by atoms with van der Waals surface area (Å²) in [7, 11) is 0. The molecule has 2 aromatic rings. The molecule has 94 valence electrons.